The van der Waals surface area contributed by atoms with E-state index in [-0.39, 0.29) is 0 Å². The largest absolute Gasteiger partial charge is 0.452 e. The maximum atomic E-state index is 7.76. The van der Waals surface area contributed by atoms with Crippen LogP contribution in [0.1, 0.15) is 0 Å². The van der Waals surface area contributed by atoms with Gasteiger partial charge in [-0.25, -0.2) is 14.8 Å². The molecule has 3 heterocycles. The number of hydrogen-bond acceptors (Lipinski definition) is 3. The molecule has 0 amide bonds. The predicted octanol–water partition coefficient (Wildman–Crippen LogP) is 12.7. The van der Waals surface area contributed by atoms with Gasteiger partial charge >= 0.3 is 0 Å². The summed E-state index contributed by atoms with van der Waals surface area (Å²) in [6.07, 6.45) is 0. The second-order valence-electron chi connectivity index (χ2n) is 12.9. The predicted molar refractivity (Wildman–Crippen MR) is 212 cm³/mol. The Hall–Kier alpha value is -7.29. The first kappa shape index (κ1) is 29.6. The first-order chi connectivity index (χ1) is 25.7. The minimum atomic E-state index is 0.616. The Morgan fingerprint density at radius 2 is 1.08 bits per heavy atom. The summed E-state index contributed by atoms with van der Waals surface area (Å²) in [6.45, 7) is 7.76. The van der Waals surface area contributed by atoms with Crippen molar-refractivity contribution in [3.8, 4) is 50.6 Å². The smallest absolute Gasteiger partial charge is 0.188 e. The van der Waals surface area contributed by atoms with Gasteiger partial charge in [-0.15, -0.1) is 0 Å². The van der Waals surface area contributed by atoms with Gasteiger partial charge in [-0.05, 0) is 59.0 Å². The van der Waals surface area contributed by atoms with Crippen molar-refractivity contribution in [3.05, 3.63) is 181 Å². The van der Waals surface area contributed by atoms with Crippen molar-refractivity contribution in [1.29, 1.82) is 0 Å². The Balaban J connectivity index is 1.37. The molecule has 0 atom stereocenters. The van der Waals surface area contributed by atoms with E-state index >= 15 is 0 Å². The molecular formula is C47H28N4O. The summed E-state index contributed by atoms with van der Waals surface area (Å²) < 4.78 is 8.97. The van der Waals surface area contributed by atoms with E-state index < -0.39 is 0 Å². The zero-order valence-electron chi connectivity index (χ0n) is 27.9. The van der Waals surface area contributed by atoms with Crippen LogP contribution in [-0.2, 0) is 0 Å². The summed E-state index contributed by atoms with van der Waals surface area (Å²) in [6, 6.07) is 58.2. The third-order valence-electron chi connectivity index (χ3n) is 9.81. The highest BCUT2D eigenvalue weighted by atomic mass is 16.3. The van der Waals surface area contributed by atoms with Gasteiger partial charge in [-0.2, -0.15) is 0 Å². The second kappa shape index (κ2) is 11.9. The number of benzene rings is 7. The van der Waals surface area contributed by atoms with E-state index in [0.717, 1.165) is 83.1 Å². The van der Waals surface area contributed by atoms with Crippen molar-refractivity contribution in [2.24, 2.45) is 0 Å². The van der Waals surface area contributed by atoms with Crippen LogP contribution in [0.5, 0.6) is 0 Å². The Bertz CT molecular complexity index is 2950. The molecule has 0 N–H and O–H groups in total. The van der Waals surface area contributed by atoms with Gasteiger partial charge in [0.05, 0.1) is 23.3 Å². The zero-order valence-corrected chi connectivity index (χ0v) is 27.9. The van der Waals surface area contributed by atoms with Crippen LogP contribution in [0, 0.1) is 6.57 Å². The van der Waals surface area contributed by atoms with Gasteiger partial charge in [-0.1, -0.05) is 127 Å². The van der Waals surface area contributed by atoms with Gasteiger partial charge in [0.1, 0.15) is 16.8 Å². The first-order valence-electron chi connectivity index (χ1n) is 17.2. The van der Waals surface area contributed by atoms with E-state index in [9.17, 15) is 0 Å². The average molecular weight is 665 g/mol. The first-order valence-corrected chi connectivity index (χ1v) is 17.2. The number of para-hydroxylation sites is 2. The number of aromatic nitrogens is 3. The Kier molecular flexibility index (Phi) is 6.80. The maximum absolute atomic E-state index is 7.76. The van der Waals surface area contributed by atoms with E-state index in [2.05, 4.69) is 106 Å². The van der Waals surface area contributed by atoms with Crippen molar-refractivity contribution in [1.82, 2.24) is 14.5 Å². The average Bonchev–Trinajstić information content (AvgIpc) is 3.76. The van der Waals surface area contributed by atoms with Gasteiger partial charge in [0.25, 0.3) is 0 Å². The topological polar surface area (TPSA) is 48.2 Å². The summed E-state index contributed by atoms with van der Waals surface area (Å²) in [7, 11) is 0. The minimum absolute atomic E-state index is 0.616. The lowest BCUT2D eigenvalue weighted by atomic mass is 9.91. The second-order valence-corrected chi connectivity index (χ2v) is 12.9. The van der Waals surface area contributed by atoms with Crippen molar-refractivity contribution in [2.45, 2.75) is 0 Å². The molecule has 0 unspecified atom stereocenters. The lowest BCUT2D eigenvalue weighted by molar-refractivity contribution is 0.667. The summed E-state index contributed by atoms with van der Waals surface area (Å²) in [5.41, 5.74) is 12.7. The number of rotatable bonds is 5. The highest BCUT2D eigenvalue weighted by Crippen LogP contribution is 2.45. The molecule has 5 nitrogen and oxygen atoms in total. The Morgan fingerprint density at radius 1 is 0.500 bits per heavy atom. The summed E-state index contributed by atoms with van der Waals surface area (Å²) >= 11 is 0. The van der Waals surface area contributed by atoms with Crippen LogP contribution in [0.2, 0.25) is 0 Å². The molecular weight excluding hydrogens is 637 g/mol. The van der Waals surface area contributed by atoms with Crippen LogP contribution in [0.15, 0.2) is 174 Å². The molecule has 0 saturated heterocycles. The van der Waals surface area contributed by atoms with E-state index in [1.54, 1.807) is 0 Å². The van der Waals surface area contributed by atoms with Crippen molar-refractivity contribution in [2.75, 3.05) is 0 Å². The zero-order chi connectivity index (χ0) is 34.6. The fraction of sp³-hybridized carbons (Fsp3) is 0. The molecule has 10 aromatic rings. The number of furan rings is 1. The lowest BCUT2D eigenvalue weighted by Gasteiger charge is -2.21. The van der Waals surface area contributed by atoms with E-state index in [4.69, 9.17) is 21.0 Å². The molecule has 3 aromatic heterocycles. The Morgan fingerprint density at radius 3 is 1.75 bits per heavy atom. The van der Waals surface area contributed by atoms with Crippen LogP contribution < -0.4 is 0 Å². The highest BCUT2D eigenvalue weighted by Gasteiger charge is 2.24. The molecule has 5 heteroatoms. The minimum Gasteiger partial charge on any atom is -0.452 e. The van der Waals surface area contributed by atoms with Crippen molar-refractivity contribution in [3.63, 3.8) is 0 Å². The molecule has 0 bridgehead atoms. The van der Waals surface area contributed by atoms with Gasteiger partial charge in [0.2, 0.25) is 0 Å². The molecule has 0 aliphatic heterocycles. The Labute approximate surface area is 299 Å². The van der Waals surface area contributed by atoms with Gasteiger partial charge < -0.3 is 8.98 Å². The molecule has 0 spiro atoms. The maximum Gasteiger partial charge on any atom is 0.188 e. The molecule has 10 rings (SSSR count). The van der Waals surface area contributed by atoms with Gasteiger partial charge in [-0.3, -0.25) is 0 Å². The third-order valence-corrected chi connectivity index (χ3v) is 9.81. The highest BCUT2D eigenvalue weighted by molar-refractivity contribution is 6.12. The van der Waals surface area contributed by atoms with Crippen LogP contribution in [0.25, 0.3) is 99.3 Å². The molecule has 0 fully saturated rings. The normalized spacial score (nSPS) is 11.4. The summed E-state index contributed by atoms with van der Waals surface area (Å²) in [4.78, 5) is 14.1. The molecule has 0 aliphatic carbocycles. The van der Waals surface area contributed by atoms with Crippen LogP contribution in [0.4, 0.5) is 5.69 Å². The number of hydrogen-bond donors (Lipinski definition) is 0. The lowest BCUT2D eigenvalue weighted by Crippen LogP contribution is -2.02. The molecule has 52 heavy (non-hydrogen) atoms. The summed E-state index contributed by atoms with van der Waals surface area (Å²) in [5.74, 6) is 0.638. The molecule has 242 valence electrons. The fourth-order valence-electron chi connectivity index (χ4n) is 7.46. The van der Waals surface area contributed by atoms with Crippen LogP contribution in [0.3, 0.4) is 0 Å². The third kappa shape index (κ3) is 4.70. The van der Waals surface area contributed by atoms with Crippen LogP contribution in [-0.4, -0.2) is 14.5 Å². The molecule has 0 saturated carbocycles. The van der Waals surface area contributed by atoms with E-state index in [1.165, 1.54) is 0 Å². The molecule has 7 aromatic carbocycles. The standard InChI is InChI=1S/C47H28N4O/c1-48-34-25-26-41-39(29-34)35-21-11-13-23-40(35)51(41)45-37(30-15-5-2-6-16-30)27-33(28-38(45)31-17-7-3-8-18-31)43-46-44(36-22-12-14-24-42(36)52-46)50-47(49-43)32-19-9-4-10-20-32/h2-29H. The number of fused-ring (bicyclic) bond motifs is 6. The van der Waals surface area contributed by atoms with Gasteiger partial charge in [0, 0.05) is 33.0 Å². The fourth-order valence-corrected chi connectivity index (χ4v) is 7.46. The van der Waals surface area contributed by atoms with Crippen molar-refractivity contribution < 1.29 is 4.42 Å². The van der Waals surface area contributed by atoms with E-state index in [1.807, 2.05) is 72.8 Å². The molecule has 0 radical (unpaired) electrons. The summed E-state index contributed by atoms with van der Waals surface area (Å²) in [5, 5.41) is 3.08. The van der Waals surface area contributed by atoms with Gasteiger partial charge in [0.15, 0.2) is 17.1 Å². The quantitative estimate of drug-likeness (QED) is 0.172. The molecule has 0 aliphatic rings. The van der Waals surface area contributed by atoms with E-state index in [0.29, 0.717) is 17.1 Å². The van der Waals surface area contributed by atoms with Crippen molar-refractivity contribution >= 4 is 49.6 Å². The SMILES string of the molecule is [C-]#[N+]c1ccc2c(c1)c1ccccc1n2-c1c(-c2ccccc2)cc(-c2nc(-c3ccccc3)nc3c2oc2ccccc23)cc1-c1ccccc1. The number of nitrogens with zero attached hydrogens (tertiary/aromatic N) is 4. The monoisotopic (exact) mass is 664 g/mol. The van der Waals surface area contributed by atoms with Crippen LogP contribution >= 0.6 is 0 Å².